The quantitative estimate of drug-likeness (QED) is 0.798. The van der Waals surface area contributed by atoms with Gasteiger partial charge < -0.3 is 15.0 Å². The molecule has 0 aliphatic heterocycles. The van der Waals surface area contributed by atoms with Crippen LogP contribution in [0, 0.1) is 0 Å². The Balaban J connectivity index is 2.00. The second-order valence-electron chi connectivity index (χ2n) is 5.00. The van der Waals surface area contributed by atoms with Crippen molar-refractivity contribution < 1.29 is 9.53 Å². The van der Waals surface area contributed by atoms with E-state index in [2.05, 4.69) is 10.3 Å². The molecule has 0 atom stereocenters. The second-order valence-corrected chi connectivity index (χ2v) is 5.00. The number of methoxy groups -OCH3 is 1. The van der Waals surface area contributed by atoms with Crippen LogP contribution in [0.3, 0.4) is 0 Å². The van der Waals surface area contributed by atoms with Gasteiger partial charge in [0.15, 0.2) is 0 Å². The average molecular weight is 299 g/mol. The molecule has 5 heteroatoms. The van der Waals surface area contributed by atoms with Crippen molar-refractivity contribution in [3.8, 4) is 0 Å². The molecule has 2 aromatic rings. The summed E-state index contributed by atoms with van der Waals surface area (Å²) >= 11 is 0. The number of carbonyl (C=O) groups is 1. The van der Waals surface area contributed by atoms with Crippen LogP contribution in [-0.2, 0) is 11.3 Å². The minimum absolute atomic E-state index is 0.0268. The lowest BCUT2D eigenvalue weighted by Gasteiger charge is -2.17. The van der Waals surface area contributed by atoms with E-state index in [1.807, 2.05) is 30.3 Å². The predicted molar refractivity (Wildman–Crippen MR) is 86.8 cm³/mol. The fraction of sp³-hybridized carbons (Fsp3) is 0.294. The van der Waals surface area contributed by atoms with Crippen LogP contribution < -0.4 is 5.32 Å². The maximum Gasteiger partial charge on any atom is 0.254 e. The minimum atomic E-state index is -0.0268. The fourth-order valence-corrected chi connectivity index (χ4v) is 2.09. The van der Waals surface area contributed by atoms with Gasteiger partial charge in [-0.2, -0.15) is 0 Å². The zero-order valence-corrected chi connectivity index (χ0v) is 13.0. The summed E-state index contributed by atoms with van der Waals surface area (Å²) < 4.78 is 4.98. The van der Waals surface area contributed by atoms with Gasteiger partial charge in [-0.05, 0) is 17.7 Å². The van der Waals surface area contributed by atoms with Gasteiger partial charge in [0.1, 0.15) is 5.82 Å². The highest BCUT2D eigenvalue weighted by atomic mass is 16.5. The van der Waals surface area contributed by atoms with E-state index >= 15 is 0 Å². The molecule has 116 valence electrons. The molecule has 1 aromatic heterocycles. The van der Waals surface area contributed by atoms with Crippen LogP contribution >= 0.6 is 0 Å². The zero-order valence-electron chi connectivity index (χ0n) is 13.0. The fourth-order valence-electron chi connectivity index (χ4n) is 2.09. The summed E-state index contributed by atoms with van der Waals surface area (Å²) in [6.07, 6.45) is 1.64. The standard InChI is InChI=1S/C17H21N3O2/c1-20(13-14-6-4-3-5-7-14)17(21)15-8-9-18-16(12-15)19-10-11-22-2/h3-9,12H,10-11,13H2,1-2H3,(H,18,19). The van der Waals surface area contributed by atoms with Crippen LogP contribution in [0.4, 0.5) is 5.82 Å². The maximum absolute atomic E-state index is 12.5. The second kappa shape index (κ2) is 8.14. The highest BCUT2D eigenvalue weighted by molar-refractivity contribution is 5.94. The van der Waals surface area contributed by atoms with Crippen molar-refractivity contribution in [3.05, 3.63) is 59.8 Å². The summed E-state index contributed by atoms with van der Waals surface area (Å²) in [6.45, 7) is 1.82. The largest absolute Gasteiger partial charge is 0.383 e. The number of hydrogen-bond acceptors (Lipinski definition) is 4. The minimum Gasteiger partial charge on any atom is -0.383 e. The van der Waals surface area contributed by atoms with Crippen molar-refractivity contribution in [1.82, 2.24) is 9.88 Å². The van der Waals surface area contributed by atoms with E-state index in [-0.39, 0.29) is 5.91 Å². The Morgan fingerprint density at radius 2 is 2.05 bits per heavy atom. The normalized spacial score (nSPS) is 10.3. The third kappa shape index (κ3) is 4.56. The SMILES string of the molecule is COCCNc1cc(C(=O)N(C)Cc2ccccc2)ccn1. The van der Waals surface area contributed by atoms with E-state index in [1.165, 1.54) is 0 Å². The van der Waals surface area contributed by atoms with Crippen LogP contribution in [0.25, 0.3) is 0 Å². The van der Waals surface area contributed by atoms with Crippen molar-refractivity contribution in [2.24, 2.45) is 0 Å². The monoisotopic (exact) mass is 299 g/mol. The summed E-state index contributed by atoms with van der Waals surface area (Å²) in [5.74, 6) is 0.650. The maximum atomic E-state index is 12.5. The van der Waals surface area contributed by atoms with E-state index in [9.17, 15) is 4.79 Å². The van der Waals surface area contributed by atoms with Crippen molar-refractivity contribution >= 4 is 11.7 Å². The first-order valence-electron chi connectivity index (χ1n) is 7.19. The summed E-state index contributed by atoms with van der Waals surface area (Å²) in [4.78, 5) is 18.4. The molecule has 1 N–H and O–H groups in total. The molecule has 0 unspecified atom stereocenters. The number of aromatic nitrogens is 1. The Morgan fingerprint density at radius 1 is 1.27 bits per heavy atom. The first kappa shape index (κ1) is 16.0. The zero-order chi connectivity index (χ0) is 15.8. The van der Waals surface area contributed by atoms with Gasteiger partial charge in [-0.3, -0.25) is 4.79 Å². The van der Waals surface area contributed by atoms with Gasteiger partial charge in [-0.1, -0.05) is 30.3 Å². The van der Waals surface area contributed by atoms with E-state index in [0.29, 0.717) is 31.1 Å². The number of rotatable bonds is 7. The van der Waals surface area contributed by atoms with Crippen LogP contribution in [0.2, 0.25) is 0 Å². The Bertz CT molecular complexity index is 602. The van der Waals surface area contributed by atoms with E-state index < -0.39 is 0 Å². The average Bonchev–Trinajstić information content (AvgIpc) is 2.55. The third-order valence-corrected chi connectivity index (χ3v) is 3.23. The molecule has 0 aliphatic carbocycles. The van der Waals surface area contributed by atoms with Crippen molar-refractivity contribution in [1.29, 1.82) is 0 Å². The molecule has 1 heterocycles. The molecule has 0 saturated carbocycles. The van der Waals surface area contributed by atoms with Crippen LogP contribution in [0.5, 0.6) is 0 Å². The molecule has 2 rings (SSSR count). The lowest BCUT2D eigenvalue weighted by atomic mass is 10.2. The van der Waals surface area contributed by atoms with Gasteiger partial charge in [-0.25, -0.2) is 4.98 Å². The first-order chi connectivity index (χ1) is 10.7. The summed E-state index contributed by atoms with van der Waals surface area (Å²) in [5.41, 5.74) is 1.72. The molecule has 1 amide bonds. The molecule has 0 bridgehead atoms. The number of nitrogens with one attached hydrogen (secondary N) is 1. The Kier molecular flexibility index (Phi) is 5.91. The molecule has 0 spiro atoms. The Morgan fingerprint density at radius 3 is 2.77 bits per heavy atom. The molecular weight excluding hydrogens is 278 g/mol. The Labute approximate surface area is 130 Å². The molecule has 0 radical (unpaired) electrons. The number of ether oxygens (including phenoxy) is 1. The number of hydrogen-bond donors (Lipinski definition) is 1. The van der Waals surface area contributed by atoms with Crippen LogP contribution in [-0.4, -0.2) is 43.1 Å². The molecule has 0 saturated heterocycles. The number of benzene rings is 1. The molecule has 0 aliphatic rings. The number of anilines is 1. The highest BCUT2D eigenvalue weighted by Gasteiger charge is 2.12. The number of carbonyl (C=O) groups excluding carboxylic acids is 1. The smallest absolute Gasteiger partial charge is 0.254 e. The van der Waals surface area contributed by atoms with Gasteiger partial charge in [0, 0.05) is 39.0 Å². The first-order valence-corrected chi connectivity index (χ1v) is 7.19. The van der Waals surface area contributed by atoms with Gasteiger partial charge in [0.25, 0.3) is 5.91 Å². The molecule has 0 fully saturated rings. The summed E-state index contributed by atoms with van der Waals surface area (Å²) in [7, 11) is 3.45. The van der Waals surface area contributed by atoms with Gasteiger partial charge in [-0.15, -0.1) is 0 Å². The van der Waals surface area contributed by atoms with Crippen LogP contribution in [0.15, 0.2) is 48.7 Å². The molecular formula is C17H21N3O2. The predicted octanol–water partition coefficient (Wildman–Crippen LogP) is 2.41. The van der Waals surface area contributed by atoms with Crippen molar-refractivity contribution in [2.45, 2.75) is 6.54 Å². The van der Waals surface area contributed by atoms with Crippen LogP contribution in [0.1, 0.15) is 15.9 Å². The Hall–Kier alpha value is -2.40. The number of pyridine rings is 1. The number of amides is 1. The molecule has 22 heavy (non-hydrogen) atoms. The topological polar surface area (TPSA) is 54.5 Å². The molecule has 1 aromatic carbocycles. The van der Waals surface area contributed by atoms with E-state index in [4.69, 9.17) is 4.74 Å². The van der Waals surface area contributed by atoms with Gasteiger partial charge >= 0.3 is 0 Å². The lowest BCUT2D eigenvalue weighted by molar-refractivity contribution is 0.0785. The molecule has 5 nitrogen and oxygen atoms in total. The van der Waals surface area contributed by atoms with E-state index in [1.54, 1.807) is 37.4 Å². The lowest BCUT2D eigenvalue weighted by Crippen LogP contribution is -2.26. The highest BCUT2D eigenvalue weighted by Crippen LogP contribution is 2.11. The van der Waals surface area contributed by atoms with Gasteiger partial charge in [0.2, 0.25) is 0 Å². The van der Waals surface area contributed by atoms with Crippen molar-refractivity contribution in [2.75, 3.05) is 32.6 Å². The van der Waals surface area contributed by atoms with Gasteiger partial charge in [0.05, 0.1) is 6.61 Å². The summed E-state index contributed by atoms with van der Waals surface area (Å²) in [6, 6.07) is 13.4. The number of nitrogens with zero attached hydrogens (tertiary/aromatic N) is 2. The van der Waals surface area contributed by atoms with E-state index in [0.717, 1.165) is 5.56 Å². The third-order valence-electron chi connectivity index (χ3n) is 3.23. The summed E-state index contributed by atoms with van der Waals surface area (Å²) in [5, 5.41) is 3.12. The van der Waals surface area contributed by atoms with Crippen molar-refractivity contribution in [3.63, 3.8) is 0 Å².